The molecule has 162 valence electrons. The van der Waals surface area contributed by atoms with Gasteiger partial charge in [-0.1, -0.05) is 48.5 Å². The largest absolute Gasteiger partial charge is 0.334 e. The minimum absolute atomic E-state index is 0.0587. The Hall–Kier alpha value is -3.15. The van der Waals surface area contributed by atoms with Crippen molar-refractivity contribution in [2.24, 2.45) is 0 Å². The molecule has 4 rings (SSSR count). The van der Waals surface area contributed by atoms with Gasteiger partial charge in [-0.3, -0.25) is 14.5 Å². The van der Waals surface area contributed by atoms with Crippen LogP contribution in [0.15, 0.2) is 48.5 Å². The first-order valence-electron chi connectivity index (χ1n) is 10.9. The molecule has 0 saturated carbocycles. The van der Waals surface area contributed by atoms with Gasteiger partial charge in [-0.2, -0.15) is 0 Å². The number of rotatable bonds is 6. The average molecular weight is 420 g/mol. The lowest BCUT2D eigenvalue weighted by molar-refractivity contribution is -0.140. The molecule has 0 aromatic heterocycles. The number of imide groups is 1. The Balaban J connectivity index is 1.52. The second-order valence-electron chi connectivity index (χ2n) is 8.88. The number of hydrogen-bond donors (Lipinski definition) is 1. The first-order valence-corrected chi connectivity index (χ1v) is 10.9. The highest BCUT2D eigenvalue weighted by Crippen LogP contribution is 2.32. The standard InChI is InChI=1S/C25H29N3O3/c1-17(2)27(15-18-8-5-4-6-9-18)22(29)16-28-23(30)25(3,26-24(28)31)21-13-12-19-10-7-11-20(19)14-21/h4-6,8-9,12-14,17H,7,10-11,15-16H2,1-3H3,(H,26,31). The third kappa shape index (κ3) is 3.94. The van der Waals surface area contributed by atoms with E-state index in [0.717, 1.165) is 35.3 Å². The van der Waals surface area contributed by atoms with Crippen LogP contribution in [0.2, 0.25) is 0 Å². The van der Waals surface area contributed by atoms with E-state index >= 15 is 0 Å². The molecule has 2 aliphatic rings. The van der Waals surface area contributed by atoms with Crippen LogP contribution in [-0.4, -0.2) is 40.2 Å². The number of aryl methyl sites for hydroxylation is 2. The summed E-state index contributed by atoms with van der Waals surface area (Å²) in [5.74, 6) is -0.632. The molecule has 1 aliphatic heterocycles. The Morgan fingerprint density at radius 3 is 2.52 bits per heavy atom. The number of carbonyl (C=O) groups excluding carboxylic acids is 3. The molecule has 31 heavy (non-hydrogen) atoms. The van der Waals surface area contributed by atoms with E-state index < -0.39 is 11.6 Å². The van der Waals surface area contributed by atoms with Crippen molar-refractivity contribution in [2.45, 2.75) is 58.2 Å². The predicted octanol–water partition coefficient (Wildman–Crippen LogP) is 3.38. The molecule has 2 aromatic rings. The molecule has 1 fully saturated rings. The summed E-state index contributed by atoms with van der Waals surface area (Å²) in [7, 11) is 0. The zero-order valence-corrected chi connectivity index (χ0v) is 18.4. The number of hydrogen-bond acceptors (Lipinski definition) is 3. The van der Waals surface area contributed by atoms with Gasteiger partial charge < -0.3 is 10.2 Å². The van der Waals surface area contributed by atoms with Gasteiger partial charge in [-0.25, -0.2) is 4.79 Å². The molecule has 1 N–H and O–H groups in total. The van der Waals surface area contributed by atoms with Crippen LogP contribution >= 0.6 is 0 Å². The summed E-state index contributed by atoms with van der Waals surface area (Å²) in [4.78, 5) is 41.8. The molecule has 2 aromatic carbocycles. The zero-order chi connectivity index (χ0) is 22.2. The first-order chi connectivity index (χ1) is 14.8. The molecule has 0 spiro atoms. The second kappa shape index (κ2) is 8.17. The quantitative estimate of drug-likeness (QED) is 0.730. The summed E-state index contributed by atoms with van der Waals surface area (Å²) < 4.78 is 0. The SMILES string of the molecule is CC(C)N(Cc1ccccc1)C(=O)CN1C(=O)NC(C)(c2ccc3c(c2)CCC3)C1=O. The number of benzene rings is 2. The minimum atomic E-state index is -1.16. The molecule has 6 heteroatoms. The number of fused-ring (bicyclic) bond motifs is 1. The highest BCUT2D eigenvalue weighted by molar-refractivity contribution is 6.09. The monoisotopic (exact) mass is 419 g/mol. The van der Waals surface area contributed by atoms with Gasteiger partial charge in [0.25, 0.3) is 5.91 Å². The maximum atomic E-state index is 13.3. The van der Waals surface area contributed by atoms with Crippen LogP contribution in [0, 0.1) is 0 Å². The molecule has 1 heterocycles. The van der Waals surface area contributed by atoms with Crippen molar-refractivity contribution in [2.75, 3.05) is 6.54 Å². The Morgan fingerprint density at radius 1 is 1.10 bits per heavy atom. The van der Waals surface area contributed by atoms with Crippen LogP contribution < -0.4 is 5.32 Å². The van der Waals surface area contributed by atoms with Gasteiger partial charge in [-0.15, -0.1) is 0 Å². The summed E-state index contributed by atoms with van der Waals surface area (Å²) in [6.45, 7) is 5.75. The maximum absolute atomic E-state index is 13.3. The topological polar surface area (TPSA) is 69.7 Å². The van der Waals surface area contributed by atoms with Crippen molar-refractivity contribution >= 4 is 17.8 Å². The summed E-state index contributed by atoms with van der Waals surface area (Å²) in [5.41, 5.74) is 3.17. The highest BCUT2D eigenvalue weighted by Gasteiger charge is 2.50. The Labute approximate surface area is 183 Å². The van der Waals surface area contributed by atoms with Gasteiger partial charge in [0.15, 0.2) is 0 Å². The molecular formula is C25H29N3O3. The van der Waals surface area contributed by atoms with Gasteiger partial charge in [-0.05, 0) is 62.3 Å². The van der Waals surface area contributed by atoms with Crippen LogP contribution in [0.1, 0.15) is 49.4 Å². The van der Waals surface area contributed by atoms with Crippen molar-refractivity contribution in [3.8, 4) is 0 Å². The minimum Gasteiger partial charge on any atom is -0.334 e. The lowest BCUT2D eigenvalue weighted by Gasteiger charge is -2.28. The lowest BCUT2D eigenvalue weighted by atomic mass is 9.89. The summed E-state index contributed by atoms with van der Waals surface area (Å²) in [6, 6.07) is 15.1. The first kappa shape index (κ1) is 21.1. The van der Waals surface area contributed by atoms with Crippen molar-refractivity contribution in [3.05, 3.63) is 70.8 Å². The van der Waals surface area contributed by atoms with E-state index in [1.165, 1.54) is 11.1 Å². The second-order valence-corrected chi connectivity index (χ2v) is 8.88. The van der Waals surface area contributed by atoms with E-state index in [0.29, 0.717) is 6.54 Å². The molecular weight excluding hydrogens is 390 g/mol. The smallest absolute Gasteiger partial charge is 0.325 e. The number of amides is 4. The van der Waals surface area contributed by atoms with Gasteiger partial charge in [0.05, 0.1) is 0 Å². The van der Waals surface area contributed by atoms with Crippen LogP contribution in [-0.2, 0) is 34.5 Å². The highest BCUT2D eigenvalue weighted by atomic mass is 16.2. The normalized spacial score (nSPS) is 20.2. The zero-order valence-electron chi connectivity index (χ0n) is 18.4. The fraction of sp³-hybridized carbons (Fsp3) is 0.400. The molecule has 4 amide bonds. The van der Waals surface area contributed by atoms with Crippen molar-refractivity contribution in [1.29, 1.82) is 0 Å². The van der Waals surface area contributed by atoms with Gasteiger partial charge in [0.2, 0.25) is 5.91 Å². The molecule has 1 aliphatic carbocycles. The third-order valence-electron chi connectivity index (χ3n) is 6.38. The average Bonchev–Trinajstić information content (AvgIpc) is 3.30. The number of urea groups is 1. The maximum Gasteiger partial charge on any atom is 0.325 e. The van der Waals surface area contributed by atoms with Crippen molar-refractivity contribution < 1.29 is 14.4 Å². The Morgan fingerprint density at radius 2 is 1.81 bits per heavy atom. The van der Waals surface area contributed by atoms with Gasteiger partial charge in [0, 0.05) is 12.6 Å². The summed E-state index contributed by atoms with van der Waals surface area (Å²) in [5, 5.41) is 2.83. The fourth-order valence-electron chi connectivity index (χ4n) is 4.48. The van der Waals surface area contributed by atoms with Crippen LogP contribution in [0.3, 0.4) is 0 Å². The number of nitrogens with one attached hydrogen (secondary N) is 1. The van der Waals surface area contributed by atoms with E-state index in [4.69, 9.17) is 0 Å². The molecule has 1 unspecified atom stereocenters. The van der Waals surface area contributed by atoms with E-state index in [1.807, 2.05) is 56.3 Å². The molecule has 1 atom stereocenters. The predicted molar refractivity (Wildman–Crippen MR) is 118 cm³/mol. The Kier molecular flexibility index (Phi) is 5.56. The van der Waals surface area contributed by atoms with Crippen LogP contribution in [0.4, 0.5) is 4.79 Å². The molecule has 6 nitrogen and oxygen atoms in total. The van der Waals surface area contributed by atoms with Gasteiger partial charge >= 0.3 is 6.03 Å². The van der Waals surface area contributed by atoms with E-state index in [9.17, 15) is 14.4 Å². The number of nitrogens with zero attached hydrogens (tertiary/aromatic N) is 2. The third-order valence-corrected chi connectivity index (χ3v) is 6.38. The summed E-state index contributed by atoms with van der Waals surface area (Å²) in [6.07, 6.45) is 3.16. The van der Waals surface area contributed by atoms with E-state index in [-0.39, 0.29) is 24.4 Å². The van der Waals surface area contributed by atoms with Crippen molar-refractivity contribution in [3.63, 3.8) is 0 Å². The van der Waals surface area contributed by atoms with E-state index in [1.54, 1.807) is 11.8 Å². The van der Waals surface area contributed by atoms with E-state index in [2.05, 4.69) is 11.4 Å². The number of carbonyl (C=O) groups is 3. The molecule has 0 radical (unpaired) electrons. The van der Waals surface area contributed by atoms with Crippen molar-refractivity contribution in [1.82, 2.24) is 15.1 Å². The van der Waals surface area contributed by atoms with Crippen LogP contribution in [0.5, 0.6) is 0 Å². The van der Waals surface area contributed by atoms with Crippen LogP contribution in [0.25, 0.3) is 0 Å². The summed E-state index contributed by atoms with van der Waals surface area (Å²) >= 11 is 0. The molecule has 1 saturated heterocycles. The molecule has 0 bridgehead atoms. The fourth-order valence-corrected chi connectivity index (χ4v) is 4.48. The lowest BCUT2D eigenvalue weighted by Crippen LogP contribution is -2.46. The van der Waals surface area contributed by atoms with Gasteiger partial charge in [0.1, 0.15) is 12.1 Å². The Bertz CT molecular complexity index is 1020.